The molecule has 1 spiro atoms. The van der Waals surface area contributed by atoms with Crippen molar-refractivity contribution in [3.05, 3.63) is 0 Å². The molecule has 0 aromatic rings. The van der Waals surface area contributed by atoms with Crippen LogP contribution in [0.4, 0.5) is 0 Å². The molecule has 0 aromatic heterocycles. The van der Waals surface area contributed by atoms with Gasteiger partial charge in [0.2, 0.25) is 0 Å². The maximum Gasteiger partial charge on any atom is 0.146 e. The van der Waals surface area contributed by atoms with E-state index in [0.29, 0.717) is 12.8 Å². The van der Waals surface area contributed by atoms with Crippen molar-refractivity contribution >= 4 is 11.6 Å². The number of rotatable bonds is 0. The van der Waals surface area contributed by atoms with Gasteiger partial charge in [-0.1, -0.05) is 0 Å². The number of Topliss-reactive ketones (excluding diaryl/α,β-unsaturated/α-hetero) is 2. The molecule has 0 amide bonds. The topological polar surface area (TPSA) is 46.2 Å². The van der Waals surface area contributed by atoms with Gasteiger partial charge >= 0.3 is 0 Å². The lowest BCUT2D eigenvalue weighted by atomic mass is 9.66. The normalized spacial score (nSPS) is 28.0. The highest BCUT2D eigenvalue weighted by Crippen LogP contribution is 2.37. The van der Waals surface area contributed by atoms with Gasteiger partial charge in [-0.25, -0.2) is 0 Å². The maximum absolute atomic E-state index is 11.7. The van der Waals surface area contributed by atoms with E-state index in [0.717, 1.165) is 32.4 Å². The van der Waals surface area contributed by atoms with Crippen LogP contribution in [0.25, 0.3) is 0 Å². The van der Waals surface area contributed by atoms with Gasteiger partial charge in [-0.2, -0.15) is 0 Å². The van der Waals surface area contributed by atoms with E-state index in [1.165, 1.54) is 0 Å². The molecule has 13 heavy (non-hydrogen) atoms. The molecule has 1 aliphatic heterocycles. The zero-order valence-electron chi connectivity index (χ0n) is 7.77. The molecule has 0 atom stereocenters. The third-order valence-corrected chi connectivity index (χ3v) is 3.33. The van der Waals surface area contributed by atoms with Crippen LogP contribution in [-0.2, 0) is 9.59 Å². The van der Waals surface area contributed by atoms with Crippen LogP contribution in [0, 0.1) is 5.41 Å². The lowest BCUT2D eigenvalue weighted by Crippen LogP contribution is -2.49. The number of nitrogens with one attached hydrogen (secondary N) is 1. The zero-order valence-corrected chi connectivity index (χ0v) is 7.77. The van der Waals surface area contributed by atoms with Crippen molar-refractivity contribution < 1.29 is 9.59 Å². The number of hydrogen-bond donors (Lipinski definition) is 1. The summed E-state index contributed by atoms with van der Waals surface area (Å²) in [7, 11) is 0. The van der Waals surface area contributed by atoms with E-state index in [1.54, 1.807) is 0 Å². The van der Waals surface area contributed by atoms with Gasteiger partial charge in [0.05, 0.1) is 5.41 Å². The Balaban J connectivity index is 2.23. The third-order valence-electron chi connectivity index (χ3n) is 3.33. The maximum atomic E-state index is 11.7. The third kappa shape index (κ3) is 1.31. The minimum atomic E-state index is -0.566. The molecule has 1 N–H and O–H groups in total. The average molecular weight is 181 g/mol. The van der Waals surface area contributed by atoms with Crippen LogP contribution in [-0.4, -0.2) is 24.7 Å². The number of carbonyl (C=O) groups excluding carboxylic acids is 2. The number of hydrogen-bond acceptors (Lipinski definition) is 3. The summed E-state index contributed by atoms with van der Waals surface area (Å²) in [5.41, 5.74) is -0.566. The van der Waals surface area contributed by atoms with E-state index in [9.17, 15) is 9.59 Å². The van der Waals surface area contributed by atoms with Crippen LogP contribution >= 0.6 is 0 Å². The Morgan fingerprint density at radius 1 is 1.00 bits per heavy atom. The fourth-order valence-electron chi connectivity index (χ4n) is 2.45. The lowest BCUT2D eigenvalue weighted by Gasteiger charge is -2.37. The van der Waals surface area contributed by atoms with Crippen molar-refractivity contribution in [2.24, 2.45) is 5.41 Å². The molecule has 2 fully saturated rings. The molecule has 1 aliphatic carbocycles. The van der Waals surface area contributed by atoms with Crippen LogP contribution in [0.15, 0.2) is 0 Å². The summed E-state index contributed by atoms with van der Waals surface area (Å²) in [5.74, 6) is 0.399. The van der Waals surface area contributed by atoms with Crippen LogP contribution in [0.5, 0.6) is 0 Å². The second-order valence-corrected chi connectivity index (χ2v) is 4.03. The van der Waals surface area contributed by atoms with Crippen molar-refractivity contribution in [1.29, 1.82) is 0 Å². The van der Waals surface area contributed by atoms with E-state index in [4.69, 9.17) is 0 Å². The van der Waals surface area contributed by atoms with Gasteiger partial charge in [-0.3, -0.25) is 9.59 Å². The molecule has 2 rings (SSSR count). The molecule has 0 aromatic carbocycles. The summed E-state index contributed by atoms with van der Waals surface area (Å²) >= 11 is 0. The SMILES string of the molecule is O=C1CCCC(=O)C12CCNCC2. The lowest BCUT2D eigenvalue weighted by molar-refractivity contribution is -0.145. The predicted octanol–water partition coefficient (Wildman–Crippen LogP) is 0.678. The first-order chi connectivity index (χ1) is 6.26. The Morgan fingerprint density at radius 3 is 2.08 bits per heavy atom. The number of ketones is 2. The van der Waals surface area contributed by atoms with Gasteiger partial charge in [0.25, 0.3) is 0 Å². The van der Waals surface area contributed by atoms with E-state index >= 15 is 0 Å². The fraction of sp³-hybridized carbons (Fsp3) is 0.800. The van der Waals surface area contributed by atoms with Crippen molar-refractivity contribution in [2.45, 2.75) is 32.1 Å². The standard InChI is InChI=1S/C10H15NO2/c12-8-2-1-3-9(13)10(8)4-6-11-7-5-10/h11H,1-7H2. The minimum absolute atomic E-state index is 0.199. The first-order valence-electron chi connectivity index (χ1n) is 5.03. The molecule has 0 unspecified atom stereocenters. The van der Waals surface area contributed by atoms with Crippen molar-refractivity contribution in [3.63, 3.8) is 0 Å². The summed E-state index contributed by atoms with van der Waals surface area (Å²) in [6.45, 7) is 1.63. The Hall–Kier alpha value is -0.700. The second kappa shape index (κ2) is 3.22. The Morgan fingerprint density at radius 2 is 1.54 bits per heavy atom. The number of piperidine rings is 1. The van der Waals surface area contributed by atoms with Gasteiger partial charge in [0.1, 0.15) is 11.6 Å². The summed E-state index contributed by atoms with van der Waals surface area (Å²) in [6.07, 6.45) is 3.46. The molecule has 3 nitrogen and oxygen atoms in total. The second-order valence-electron chi connectivity index (χ2n) is 4.03. The highest BCUT2D eigenvalue weighted by Gasteiger charge is 2.46. The van der Waals surface area contributed by atoms with E-state index in [2.05, 4.69) is 5.32 Å². The molecular weight excluding hydrogens is 166 g/mol. The Kier molecular flexibility index (Phi) is 2.20. The van der Waals surface area contributed by atoms with Gasteiger partial charge in [0.15, 0.2) is 0 Å². The molecule has 1 saturated heterocycles. The highest BCUT2D eigenvalue weighted by atomic mass is 16.2. The summed E-state index contributed by atoms with van der Waals surface area (Å²) in [4.78, 5) is 23.5. The summed E-state index contributed by atoms with van der Waals surface area (Å²) in [5, 5.41) is 3.19. The average Bonchev–Trinajstić information content (AvgIpc) is 2.16. The minimum Gasteiger partial charge on any atom is -0.317 e. The van der Waals surface area contributed by atoms with Gasteiger partial charge in [-0.15, -0.1) is 0 Å². The van der Waals surface area contributed by atoms with E-state index in [-0.39, 0.29) is 11.6 Å². The molecule has 72 valence electrons. The van der Waals surface area contributed by atoms with Crippen LogP contribution in [0.3, 0.4) is 0 Å². The van der Waals surface area contributed by atoms with Crippen molar-refractivity contribution in [2.75, 3.05) is 13.1 Å². The molecule has 0 radical (unpaired) electrons. The molecule has 0 bridgehead atoms. The fourth-order valence-corrected chi connectivity index (χ4v) is 2.45. The predicted molar refractivity (Wildman–Crippen MR) is 48.4 cm³/mol. The first kappa shape index (κ1) is 8.88. The highest BCUT2D eigenvalue weighted by molar-refractivity contribution is 6.08. The van der Waals surface area contributed by atoms with Crippen LogP contribution in [0.1, 0.15) is 32.1 Å². The van der Waals surface area contributed by atoms with Crippen molar-refractivity contribution in [1.82, 2.24) is 5.32 Å². The van der Waals surface area contributed by atoms with Crippen LogP contribution in [0.2, 0.25) is 0 Å². The zero-order chi connectivity index (χ0) is 9.31. The Labute approximate surface area is 77.9 Å². The van der Waals surface area contributed by atoms with Crippen LogP contribution < -0.4 is 5.32 Å². The molecule has 1 heterocycles. The summed E-state index contributed by atoms with van der Waals surface area (Å²) in [6, 6.07) is 0. The smallest absolute Gasteiger partial charge is 0.146 e. The Bertz CT molecular complexity index is 223. The molecule has 2 aliphatic rings. The summed E-state index contributed by atoms with van der Waals surface area (Å²) < 4.78 is 0. The van der Waals surface area contributed by atoms with E-state index in [1.807, 2.05) is 0 Å². The quantitative estimate of drug-likeness (QED) is 0.559. The molecular formula is C10H15NO2. The largest absolute Gasteiger partial charge is 0.317 e. The van der Waals surface area contributed by atoms with E-state index < -0.39 is 5.41 Å². The van der Waals surface area contributed by atoms with Gasteiger partial charge in [0, 0.05) is 12.8 Å². The van der Waals surface area contributed by atoms with Gasteiger partial charge < -0.3 is 5.32 Å². The first-order valence-corrected chi connectivity index (χ1v) is 5.03. The number of carbonyl (C=O) groups is 2. The monoisotopic (exact) mass is 181 g/mol. The van der Waals surface area contributed by atoms with Gasteiger partial charge in [-0.05, 0) is 32.4 Å². The molecule has 3 heteroatoms. The van der Waals surface area contributed by atoms with Crippen molar-refractivity contribution in [3.8, 4) is 0 Å². The molecule has 1 saturated carbocycles.